The lowest BCUT2D eigenvalue weighted by Gasteiger charge is -2.11. The van der Waals surface area contributed by atoms with Gasteiger partial charge in [-0.1, -0.05) is 24.3 Å². The van der Waals surface area contributed by atoms with Gasteiger partial charge in [0.05, 0.1) is 26.1 Å². The van der Waals surface area contributed by atoms with Crippen molar-refractivity contribution in [2.45, 2.75) is 0 Å². The number of hydrogen-bond donors (Lipinski definition) is 3. The average molecular weight is 418 g/mol. The molecule has 31 heavy (non-hydrogen) atoms. The highest BCUT2D eigenvalue weighted by atomic mass is 16.5. The number of rotatable bonds is 8. The standard InChI is InChI=1S/C23H22N4O4/c1-30-20-11-10-16(14-21(20)31-2)13-19(26-22(28)17-7-4-3-5-8-17)23(29)27-25-15-18-9-6-12-24-18/h3-15,24H,1-2H3,(H,26,28)(H,27,29)/b19-13+,25-15+. The first-order valence-electron chi connectivity index (χ1n) is 9.37. The number of hydrogen-bond acceptors (Lipinski definition) is 5. The Morgan fingerprint density at radius 1 is 0.968 bits per heavy atom. The van der Waals surface area contributed by atoms with Crippen LogP contribution in [0, 0.1) is 0 Å². The monoisotopic (exact) mass is 418 g/mol. The Labute approximate surface area is 179 Å². The van der Waals surface area contributed by atoms with Crippen LogP contribution in [-0.4, -0.2) is 37.2 Å². The maximum absolute atomic E-state index is 12.7. The third-order valence-corrected chi connectivity index (χ3v) is 4.24. The lowest BCUT2D eigenvalue weighted by Crippen LogP contribution is -2.32. The molecule has 8 nitrogen and oxygen atoms in total. The molecule has 3 rings (SSSR count). The highest BCUT2D eigenvalue weighted by Gasteiger charge is 2.15. The molecule has 0 bridgehead atoms. The largest absolute Gasteiger partial charge is 0.493 e. The smallest absolute Gasteiger partial charge is 0.287 e. The summed E-state index contributed by atoms with van der Waals surface area (Å²) < 4.78 is 10.5. The Balaban J connectivity index is 1.86. The fraction of sp³-hybridized carbons (Fsp3) is 0.0870. The molecule has 0 aliphatic heterocycles. The van der Waals surface area contributed by atoms with Crippen LogP contribution in [0.1, 0.15) is 21.6 Å². The summed E-state index contributed by atoms with van der Waals surface area (Å²) in [7, 11) is 3.06. The average Bonchev–Trinajstić information content (AvgIpc) is 3.32. The van der Waals surface area contributed by atoms with Gasteiger partial charge in [0.1, 0.15) is 5.70 Å². The second-order valence-corrected chi connectivity index (χ2v) is 6.32. The lowest BCUT2D eigenvalue weighted by atomic mass is 10.1. The van der Waals surface area contributed by atoms with E-state index in [-0.39, 0.29) is 5.70 Å². The summed E-state index contributed by atoms with van der Waals surface area (Å²) in [5.41, 5.74) is 4.21. The van der Waals surface area contributed by atoms with E-state index in [1.54, 1.807) is 60.8 Å². The highest BCUT2D eigenvalue weighted by Crippen LogP contribution is 2.28. The number of hydrazone groups is 1. The molecule has 3 aromatic rings. The van der Waals surface area contributed by atoms with Crippen LogP contribution in [0.5, 0.6) is 11.5 Å². The minimum atomic E-state index is -0.582. The van der Waals surface area contributed by atoms with Crippen molar-refractivity contribution in [3.05, 3.63) is 89.4 Å². The molecule has 2 aromatic carbocycles. The second kappa shape index (κ2) is 10.4. The maximum Gasteiger partial charge on any atom is 0.287 e. The molecule has 0 saturated heterocycles. The number of aromatic nitrogens is 1. The predicted molar refractivity (Wildman–Crippen MR) is 118 cm³/mol. The van der Waals surface area contributed by atoms with Gasteiger partial charge in [-0.15, -0.1) is 0 Å². The van der Waals surface area contributed by atoms with Gasteiger partial charge < -0.3 is 19.8 Å². The zero-order valence-electron chi connectivity index (χ0n) is 17.1. The van der Waals surface area contributed by atoms with Gasteiger partial charge in [-0.05, 0) is 48.0 Å². The first-order valence-corrected chi connectivity index (χ1v) is 9.37. The van der Waals surface area contributed by atoms with E-state index in [9.17, 15) is 9.59 Å². The van der Waals surface area contributed by atoms with Crippen LogP contribution < -0.4 is 20.2 Å². The van der Waals surface area contributed by atoms with E-state index in [0.717, 1.165) is 5.69 Å². The van der Waals surface area contributed by atoms with Gasteiger partial charge in [-0.2, -0.15) is 5.10 Å². The van der Waals surface area contributed by atoms with Gasteiger partial charge in [0.25, 0.3) is 11.8 Å². The molecule has 158 valence electrons. The molecule has 3 N–H and O–H groups in total. The Hall–Kier alpha value is -4.33. The van der Waals surface area contributed by atoms with Crippen molar-refractivity contribution >= 4 is 24.1 Å². The van der Waals surface area contributed by atoms with Crippen LogP contribution in [0.4, 0.5) is 0 Å². The van der Waals surface area contributed by atoms with E-state index in [1.807, 2.05) is 6.07 Å². The molecule has 0 aliphatic carbocycles. The number of methoxy groups -OCH3 is 2. The molecule has 1 aromatic heterocycles. The Morgan fingerprint density at radius 3 is 2.42 bits per heavy atom. The number of carbonyl (C=O) groups excluding carboxylic acids is 2. The van der Waals surface area contributed by atoms with Crippen LogP contribution in [0.3, 0.4) is 0 Å². The lowest BCUT2D eigenvalue weighted by molar-refractivity contribution is -0.117. The Kier molecular flexibility index (Phi) is 7.21. The number of ether oxygens (including phenoxy) is 2. The number of aromatic amines is 1. The second-order valence-electron chi connectivity index (χ2n) is 6.32. The van der Waals surface area contributed by atoms with E-state index < -0.39 is 11.8 Å². The van der Waals surface area contributed by atoms with Crippen molar-refractivity contribution in [2.75, 3.05) is 14.2 Å². The van der Waals surface area contributed by atoms with Crippen molar-refractivity contribution in [2.24, 2.45) is 5.10 Å². The summed E-state index contributed by atoms with van der Waals surface area (Å²) >= 11 is 0. The molecule has 0 atom stereocenters. The van der Waals surface area contributed by atoms with Crippen molar-refractivity contribution in [1.82, 2.24) is 15.7 Å². The maximum atomic E-state index is 12.7. The number of amides is 2. The molecule has 2 amide bonds. The number of nitrogens with one attached hydrogen (secondary N) is 3. The van der Waals surface area contributed by atoms with Gasteiger partial charge >= 0.3 is 0 Å². The van der Waals surface area contributed by atoms with Crippen LogP contribution in [0.25, 0.3) is 6.08 Å². The molecule has 0 saturated carbocycles. The van der Waals surface area contributed by atoms with Crippen LogP contribution >= 0.6 is 0 Å². The van der Waals surface area contributed by atoms with Gasteiger partial charge in [0.2, 0.25) is 0 Å². The van der Waals surface area contributed by atoms with E-state index >= 15 is 0 Å². The number of carbonyl (C=O) groups is 2. The molecule has 0 fully saturated rings. The molecule has 0 radical (unpaired) electrons. The first-order chi connectivity index (χ1) is 15.1. The van der Waals surface area contributed by atoms with Crippen LogP contribution in [-0.2, 0) is 4.79 Å². The molecular formula is C23H22N4O4. The Bertz CT molecular complexity index is 1090. The number of benzene rings is 2. The van der Waals surface area contributed by atoms with Crippen LogP contribution in [0.2, 0.25) is 0 Å². The minimum absolute atomic E-state index is 0.0182. The SMILES string of the molecule is COc1ccc(/C=C(/NC(=O)c2ccccc2)C(=O)N/N=C/c2ccc[nH]2)cc1OC. The number of nitrogens with zero attached hydrogens (tertiary/aromatic N) is 1. The molecule has 1 heterocycles. The quantitative estimate of drug-likeness (QED) is 0.297. The summed E-state index contributed by atoms with van der Waals surface area (Å²) in [6.45, 7) is 0. The van der Waals surface area contributed by atoms with Gasteiger partial charge in [0, 0.05) is 11.8 Å². The summed E-state index contributed by atoms with van der Waals surface area (Å²) in [4.78, 5) is 28.3. The number of H-pyrrole nitrogens is 1. The Morgan fingerprint density at radius 2 is 1.74 bits per heavy atom. The van der Waals surface area contributed by atoms with Crippen LogP contribution in [0.15, 0.2) is 77.7 Å². The topological polar surface area (TPSA) is 105 Å². The minimum Gasteiger partial charge on any atom is -0.493 e. The van der Waals surface area contributed by atoms with E-state index in [2.05, 4.69) is 20.8 Å². The zero-order chi connectivity index (χ0) is 22.1. The van der Waals surface area contributed by atoms with E-state index in [0.29, 0.717) is 22.6 Å². The van der Waals surface area contributed by atoms with Crippen molar-refractivity contribution in [3.63, 3.8) is 0 Å². The zero-order valence-corrected chi connectivity index (χ0v) is 17.1. The summed E-state index contributed by atoms with van der Waals surface area (Å²) in [5, 5.41) is 6.57. The summed E-state index contributed by atoms with van der Waals surface area (Å²) in [6, 6.07) is 17.4. The molecular weight excluding hydrogens is 396 g/mol. The molecule has 0 spiro atoms. The molecule has 0 unspecified atom stereocenters. The predicted octanol–water partition coefficient (Wildman–Crippen LogP) is 2.95. The highest BCUT2D eigenvalue weighted by molar-refractivity contribution is 6.05. The first kappa shape index (κ1) is 21.4. The molecule has 8 heteroatoms. The van der Waals surface area contributed by atoms with Crippen molar-refractivity contribution < 1.29 is 19.1 Å². The van der Waals surface area contributed by atoms with Gasteiger partial charge in [-0.3, -0.25) is 9.59 Å². The van der Waals surface area contributed by atoms with E-state index in [4.69, 9.17) is 9.47 Å². The molecule has 0 aliphatic rings. The van der Waals surface area contributed by atoms with Crippen molar-refractivity contribution in [1.29, 1.82) is 0 Å². The third-order valence-electron chi connectivity index (χ3n) is 4.24. The fourth-order valence-electron chi connectivity index (χ4n) is 2.70. The van der Waals surface area contributed by atoms with E-state index in [1.165, 1.54) is 26.5 Å². The summed E-state index contributed by atoms with van der Waals surface area (Å²) in [6.07, 6.45) is 4.74. The van der Waals surface area contributed by atoms with Crippen molar-refractivity contribution in [3.8, 4) is 11.5 Å². The van der Waals surface area contributed by atoms with Gasteiger partial charge in [0.15, 0.2) is 11.5 Å². The fourth-order valence-corrected chi connectivity index (χ4v) is 2.70. The summed E-state index contributed by atoms with van der Waals surface area (Å²) in [5.74, 6) is 0.0439. The van der Waals surface area contributed by atoms with Gasteiger partial charge in [-0.25, -0.2) is 5.43 Å². The normalized spacial score (nSPS) is 11.2. The third kappa shape index (κ3) is 5.83.